The number of hydrogen-bond donors (Lipinski definition) is 10. The highest BCUT2D eigenvalue weighted by Gasteiger charge is 2.51. The van der Waals surface area contributed by atoms with Gasteiger partial charge in [-0.25, -0.2) is 0 Å². The first-order chi connectivity index (χ1) is 16.3. The molecule has 2 aliphatic heterocycles. The Labute approximate surface area is 199 Å². The molecule has 2 heterocycles. The largest absolute Gasteiger partial charge is 0.396 e. The maximum absolute atomic E-state index is 10.7. The minimum Gasteiger partial charge on any atom is -0.396 e. The SMILES string of the molecule is OCCCCCCC=CCC(O)C(O)C1NC(CO)C(O)C1OC1OC(CO)C(O)C(O)C1O. The molecule has 2 fully saturated rings. The van der Waals surface area contributed by atoms with Crippen molar-refractivity contribution >= 4 is 0 Å². The molecule has 0 aromatic rings. The van der Waals surface area contributed by atoms with E-state index in [0.717, 1.165) is 32.1 Å². The summed E-state index contributed by atoms with van der Waals surface area (Å²) in [5, 5.41) is 92.4. The zero-order valence-electron chi connectivity index (χ0n) is 19.2. The second kappa shape index (κ2) is 14.7. The maximum atomic E-state index is 10.7. The summed E-state index contributed by atoms with van der Waals surface area (Å²) in [5.74, 6) is 0. The Bertz CT molecular complexity index is 595. The van der Waals surface area contributed by atoms with Gasteiger partial charge in [-0.15, -0.1) is 0 Å². The van der Waals surface area contributed by atoms with Crippen LogP contribution >= 0.6 is 0 Å². The van der Waals surface area contributed by atoms with Crippen LogP contribution in [0.2, 0.25) is 0 Å². The van der Waals surface area contributed by atoms with Gasteiger partial charge in [0.05, 0.1) is 43.6 Å². The van der Waals surface area contributed by atoms with Crippen molar-refractivity contribution in [2.24, 2.45) is 0 Å². The van der Waals surface area contributed by atoms with Gasteiger partial charge in [-0.05, 0) is 25.7 Å². The molecule has 0 amide bonds. The summed E-state index contributed by atoms with van der Waals surface area (Å²) in [6.07, 6.45) is -4.78. The Hall–Kier alpha value is -0.740. The number of ether oxygens (including phenoxy) is 2. The van der Waals surface area contributed by atoms with Gasteiger partial charge in [0.2, 0.25) is 0 Å². The van der Waals surface area contributed by atoms with Crippen molar-refractivity contribution < 1.29 is 55.4 Å². The van der Waals surface area contributed by atoms with Gasteiger partial charge < -0.3 is 60.7 Å². The van der Waals surface area contributed by atoms with E-state index in [1.54, 1.807) is 6.08 Å². The Balaban J connectivity index is 1.97. The smallest absolute Gasteiger partial charge is 0.187 e. The number of rotatable bonds is 14. The highest BCUT2D eigenvalue weighted by molar-refractivity contribution is 5.05. The molecule has 0 aromatic carbocycles. The number of nitrogens with one attached hydrogen (secondary N) is 1. The summed E-state index contributed by atoms with van der Waals surface area (Å²) in [4.78, 5) is 0. The molecule has 0 aliphatic carbocycles. The molecule has 2 rings (SSSR count). The normalized spacial score (nSPS) is 38.4. The molecule has 12 nitrogen and oxygen atoms in total. The van der Waals surface area contributed by atoms with Crippen molar-refractivity contribution in [3.05, 3.63) is 12.2 Å². The Kier molecular flexibility index (Phi) is 12.8. The summed E-state index contributed by atoms with van der Waals surface area (Å²) in [7, 11) is 0. The van der Waals surface area contributed by atoms with E-state index in [-0.39, 0.29) is 13.0 Å². The van der Waals surface area contributed by atoms with Crippen LogP contribution in [0.25, 0.3) is 0 Å². The molecule has 0 radical (unpaired) electrons. The first-order valence-electron chi connectivity index (χ1n) is 11.9. The highest BCUT2D eigenvalue weighted by Crippen LogP contribution is 2.29. The summed E-state index contributed by atoms with van der Waals surface area (Å²) >= 11 is 0. The molecular weight excluding hydrogens is 454 g/mol. The zero-order chi connectivity index (χ0) is 25.3. The van der Waals surface area contributed by atoms with E-state index in [9.17, 15) is 40.9 Å². The Morgan fingerprint density at radius 2 is 1.53 bits per heavy atom. The van der Waals surface area contributed by atoms with Gasteiger partial charge in [-0.3, -0.25) is 0 Å². The molecular formula is C22H41NO11. The number of hydrogen-bond acceptors (Lipinski definition) is 12. The predicted molar refractivity (Wildman–Crippen MR) is 118 cm³/mol. The van der Waals surface area contributed by atoms with E-state index < -0.39 is 80.4 Å². The van der Waals surface area contributed by atoms with Crippen LogP contribution in [0.15, 0.2) is 12.2 Å². The van der Waals surface area contributed by atoms with Gasteiger partial charge in [0.25, 0.3) is 0 Å². The fourth-order valence-electron chi connectivity index (χ4n) is 4.30. The minimum absolute atomic E-state index is 0.128. The number of allylic oxidation sites excluding steroid dienone is 1. The van der Waals surface area contributed by atoms with E-state index in [4.69, 9.17) is 14.6 Å². The van der Waals surface area contributed by atoms with E-state index >= 15 is 0 Å². The van der Waals surface area contributed by atoms with E-state index in [1.807, 2.05) is 6.08 Å². The number of aliphatic hydroxyl groups is 9. The molecule has 10 N–H and O–H groups in total. The van der Waals surface area contributed by atoms with Crippen LogP contribution in [-0.2, 0) is 9.47 Å². The molecule has 11 unspecified atom stereocenters. The molecule has 34 heavy (non-hydrogen) atoms. The van der Waals surface area contributed by atoms with Crippen molar-refractivity contribution in [2.75, 3.05) is 19.8 Å². The second-order valence-corrected chi connectivity index (χ2v) is 8.96. The van der Waals surface area contributed by atoms with Gasteiger partial charge >= 0.3 is 0 Å². The zero-order valence-corrected chi connectivity index (χ0v) is 19.2. The van der Waals surface area contributed by atoms with Crippen molar-refractivity contribution in [1.82, 2.24) is 5.32 Å². The van der Waals surface area contributed by atoms with Gasteiger partial charge in [0.1, 0.15) is 30.5 Å². The Morgan fingerprint density at radius 1 is 0.824 bits per heavy atom. The molecule has 0 spiro atoms. The molecule has 2 aliphatic rings. The Morgan fingerprint density at radius 3 is 2.18 bits per heavy atom. The monoisotopic (exact) mass is 495 g/mol. The lowest BCUT2D eigenvalue weighted by Crippen LogP contribution is -2.61. The average Bonchev–Trinajstić information content (AvgIpc) is 3.15. The summed E-state index contributed by atoms with van der Waals surface area (Å²) in [5.41, 5.74) is 0. The fourth-order valence-corrected chi connectivity index (χ4v) is 4.30. The van der Waals surface area contributed by atoms with Crippen molar-refractivity contribution in [3.8, 4) is 0 Å². The van der Waals surface area contributed by atoms with Crippen LogP contribution < -0.4 is 5.32 Å². The van der Waals surface area contributed by atoms with E-state index in [0.29, 0.717) is 0 Å². The number of unbranched alkanes of at least 4 members (excludes halogenated alkanes) is 4. The van der Waals surface area contributed by atoms with Crippen LogP contribution in [0.5, 0.6) is 0 Å². The lowest BCUT2D eigenvalue weighted by molar-refractivity contribution is -0.318. The molecule has 200 valence electrons. The van der Waals surface area contributed by atoms with Gasteiger partial charge in [-0.2, -0.15) is 0 Å². The third kappa shape index (κ3) is 7.63. The molecule has 0 saturated carbocycles. The van der Waals surface area contributed by atoms with Crippen LogP contribution in [0.4, 0.5) is 0 Å². The first kappa shape index (κ1) is 29.5. The minimum atomic E-state index is -1.71. The van der Waals surface area contributed by atoms with Crippen LogP contribution in [0, 0.1) is 0 Å². The van der Waals surface area contributed by atoms with Gasteiger partial charge in [0, 0.05) is 6.61 Å². The lowest BCUT2D eigenvalue weighted by atomic mass is 9.96. The average molecular weight is 496 g/mol. The number of aliphatic hydroxyl groups excluding tert-OH is 9. The van der Waals surface area contributed by atoms with Crippen LogP contribution in [0.3, 0.4) is 0 Å². The third-order valence-electron chi connectivity index (χ3n) is 6.43. The molecule has 0 aromatic heterocycles. The molecule has 0 bridgehead atoms. The quantitative estimate of drug-likeness (QED) is 0.0839. The first-order valence-corrected chi connectivity index (χ1v) is 11.9. The summed E-state index contributed by atoms with van der Waals surface area (Å²) in [6, 6.07) is -1.95. The van der Waals surface area contributed by atoms with Crippen LogP contribution in [-0.4, -0.2) is 133 Å². The van der Waals surface area contributed by atoms with Crippen molar-refractivity contribution in [2.45, 2.75) is 106 Å². The highest BCUT2D eigenvalue weighted by atomic mass is 16.7. The third-order valence-corrected chi connectivity index (χ3v) is 6.43. The molecule has 12 heteroatoms. The van der Waals surface area contributed by atoms with Crippen molar-refractivity contribution in [3.63, 3.8) is 0 Å². The fraction of sp³-hybridized carbons (Fsp3) is 0.909. The van der Waals surface area contributed by atoms with Gasteiger partial charge in [-0.1, -0.05) is 25.0 Å². The topological polar surface area (TPSA) is 213 Å². The molecule has 2 saturated heterocycles. The summed E-state index contributed by atoms with van der Waals surface area (Å²) in [6.45, 7) is -0.971. The maximum Gasteiger partial charge on any atom is 0.187 e. The standard InChI is InChI=1S/C22H41NO11/c24-9-7-5-3-1-2-4-6-8-13(27)17(29)15-21(16(28)12(10-25)23-15)34-22-20(32)19(31)18(30)14(11-26)33-22/h4,6,12-32H,1-3,5,7-11H2. The lowest BCUT2D eigenvalue weighted by Gasteiger charge is -2.41. The van der Waals surface area contributed by atoms with E-state index in [2.05, 4.69) is 5.32 Å². The second-order valence-electron chi connectivity index (χ2n) is 8.96. The van der Waals surface area contributed by atoms with Crippen molar-refractivity contribution in [1.29, 1.82) is 0 Å². The summed E-state index contributed by atoms with van der Waals surface area (Å²) < 4.78 is 11.0. The predicted octanol–water partition coefficient (Wildman–Crippen LogP) is -3.52. The van der Waals surface area contributed by atoms with E-state index in [1.165, 1.54) is 0 Å². The van der Waals surface area contributed by atoms with Gasteiger partial charge in [0.15, 0.2) is 6.29 Å². The van der Waals surface area contributed by atoms with Crippen LogP contribution in [0.1, 0.15) is 38.5 Å². The molecule has 11 atom stereocenters.